The van der Waals surface area contributed by atoms with E-state index in [4.69, 9.17) is 17.3 Å². The molecule has 2 N–H and O–H groups in total. The number of hydrogen-bond donors (Lipinski definition) is 1. The average Bonchev–Trinajstić information content (AvgIpc) is 2.17. The molecule has 0 unspecified atom stereocenters. The zero-order valence-electron chi connectivity index (χ0n) is 7.59. The number of hydrogen-bond acceptors (Lipinski definition) is 2. The quantitative estimate of drug-likeness (QED) is 0.522. The van der Waals surface area contributed by atoms with E-state index in [2.05, 4.69) is 15.9 Å². The number of benzene rings is 1. The Morgan fingerprint density at radius 3 is 2.71 bits per heavy atom. The van der Waals surface area contributed by atoms with Gasteiger partial charge in [-0.3, -0.25) is 4.79 Å². The molecule has 2 nitrogen and oxygen atoms in total. The first-order valence-corrected chi connectivity index (χ1v) is 5.87. The Bertz CT molecular complexity index is 341. The van der Waals surface area contributed by atoms with Gasteiger partial charge >= 0.3 is 0 Å². The van der Waals surface area contributed by atoms with Crippen molar-refractivity contribution in [1.82, 2.24) is 0 Å². The molecule has 0 aromatic heterocycles. The summed E-state index contributed by atoms with van der Waals surface area (Å²) >= 11 is 8.82. The Morgan fingerprint density at radius 1 is 1.43 bits per heavy atom. The van der Waals surface area contributed by atoms with Crippen molar-refractivity contribution in [3.63, 3.8) is 0 Å². The fraction of sp³-hybridized carbons (Fsp3) is 0.300. The lowest BCUT2D eigenvalue weighted by molar-refractivity contribution is 0.0989. The molecule has 14 heavy (non-hydrogen) atoms. The number of nitrogen functional groups attached to an aromatic ring is 1. The molecule has 1 aromatic rings. The molecule has 0 aliphatic heterocycles. The third kappa shape index (κ3) is 3.00. The van der Waals surface area contributed by atoms with Gasteiger partial charge in [0.05, 0.1) is 0 Å². The first kappa shape index (κ1) is 11.5. The minimum absolute atomic E-state index is 0.0366. The van der Waals surface area contributed by atoms with Gasteiger partial charge in [-0.25, -0.2) is 0 Å². The first-order chi connectivity index (χ1) is 6.67. The van der Waals surface area contributed by atoms with Crippen LogP contribution in [0.15, 0.2) is 18.2 Å². The number of halogens is 2. The van der Waals surface area contributed by atoms with Crippen molar-refractivity contribution in [2.45, 2.75) is 11.8 Å². The minimum Gasteiger partial charge on any atom is -0.399 e. The van der Waals surface area contributed by atoms with Crippen LogP contribution in [0, 0.1) is 0 Å². The van der Waals surface area contributed by atoms with E-state index in [0.29, 0.717) is 28.9 Å². The molecule has 0 saturated heterocycles. The van der Waals surface area contributed by atoms with Crippen molar-refractivity contribution >= 4 is 39.0 Å². The first-order valence-electron chi connectivity index (χ1n) is 4.22. The van der Waals surface area contributed by atoms with E-state index >= 15 is 0 Å². The summed E-state index contributed by atoms with van der Waals surface area (Å²) in [6.45, 7) is 0. The highest BCUT2D eigenvalue weighted by molar-refractivity contribution is 9.08. The van der Waals surface area contributed by atoms with Crippen molar-refractivity contribution in [3.05, 3.63) is 29.3 Å². The summed E-state index contributed by atoms with van der Waals surface area (Å²) in [5.74, 6) is 0.381. The number of rotatable bonds is 4. The normalized spacial score (nSPS) is 10.1. The van der Waals surface area contributed by atoms with Crippen molar-refractivity contribution in [2.24, 2.45) is 0 Å². The highest BCUT2D eigenvalue weighted by Gasteiger charge is 2.06. The van der Waals surface area contributed by atoms with Gasteiger partial charge in [-0.15, -0.1) is 11.6 Å². The van der Waals surface area contributed by atoms with Gasteiger partial charge in [-0.1, -0.05) is 15.9 Å². The van der Waals surface area contributed by atoms with E-state index in [1.54, 1.807) is 6.07 Å². The minimum atomic E-state index is 0.0366. The Balaban J connectivity index is 2.96. The number of carbonyl (C=O) groups is 1. The fourth-order valence-electron chi connectivity index (χ4n) is 1.19. The number of nitrogens with two attached hydrogens (primary N) is 1. The number of carbonyl (C=O) groups excluding carboxylic acids is 1. The zero-order valence-corrected chi connectivity index (χ0v) is 9.94. The zero-order chi connectivity index (χ0) is 10.6. The molecule has 0 radical (unpaired) electrons. The number of Topliss-reactive ketones (excluding diaryl/α,β-unsaturated/α-hetero) is 1. The van der Waals surface area contributed by atoms with Crippen LogP contribution in [0.2, 0.25) is 0 Å². The summed E-state index contributed by atoms with van der Waals surface area (Å²) in [5.41, 5.74) is 7.92. The van der Waals surface area contributed by atoms with Gasteiger partial charge in [0, 0.05) is 28.9 Å². The van der Waals surface area contributed by atoms with E-state index in [0.717, 1.165) is 5.56 Å². The molecular weight excluding hydrogens is 265 g/mol. The van der Waals surface area contributed by atoms with E-state index in [9.17, 15) is 4.79 Å². The monoisotopic (exact) mass is 275 g/mol. The molecule has 0 fully saturated rings. The topological polar surface area (TPSA) is 43.1 Å². The molecule has 76 valence electrons. The van der Waals surface area contributed by atoms with Crippen molar-refractivity contribution in [2.75, 3.05) is 11.6 Å². The maximum Gasteiger partial charge on any atom is 0.164 e. The van der Waals surface area contributed by atoms with Crippen molar-refractivity contribution in [1.29, 1.82) is 0 Å². The number of alkyl halides is 2. The molecule has 0 saturated carbocycles. The lowest BCUT2D eigenvalue weighted by Crippen LogP contribution is -2.02. The second-order valence-electron chi connectivity index (χ2n) is 2.96. The highest BCUT2D eigenvalue weighted by atomic mass is 79.9. The van der Waals surface area contributed by atoms with Crippen LogP contribution >= 0.6 is 27.5 Å². The lowest BCUT2D eigenvalue weighted by Gasteiger charge is -2.03. The molecule has 0 bridgehead atoms. The van der Waals surface area contributed by atoms with Crippen molar-refractivity contribution < 1.29 is 4.79 Å². The molecule has 0 aliphatic rings. The molecule has 1 rings (SSSR count). The smallest absolute Gasteiger partial charge is 0.164 e. The lowest BCUT2D eigenvalue weighted by atomic mass is 10.1. The van der Waals surface area contributed by atoms with E-state index < -0.39 is 0 Å². The van der Waals surface area contributed by atoms with Gasteiger partial charge in [-0.2, -0.15) is 0 Å². The Morgan fingerprint density at radius 2 is 2.14 bits per heavy atom. The van der Waals surface area contributed by atoms with Gasteiger partial charge in [0.15, 0.2) is 5.78 Å². The van der Waals surface area contributed by atoms with E-state index in [1.165, 1.54) is 0 Å². The van der Waals surface area contributed by atoms with E-state index in [1.807, 2.05) is 12.1 Å². The molecular formula is C10H11BrClNO. The fourth-order valence-corrected chi connectivity index (χ4v) is 1.68. The summed E-state index contributed by atoms with van der Waals surface area (Å²) in [7, 11) is 0. The predicted molar refractivity (Wildman–Crippen MR) is 63.2 cm³/mol. The van der Waals surface area contributed by atoms with Gasteiger partial charge in [0.25, 0.3) is 0 Å². The summed E-state index contributed by atoms with van der Waals surface area (Å²) < 4.78 is 0. The molecule has 4 heteroatoms. The average molecular weight is 277 g/mol. The second-order valence-corrected chi connectivity index (χ2v) is 3.90. The Hall–Kier alpha value is -0.540. The van der Waals surface area contributed by atoms with Crippen LogP contribution < -0.4 is 5.73 Å². The maximum absolute atomic E-state index is 11.5. The largest absolute Gasteiger partial charge is 0.399 e. The highest BCUT2D eigenvalue weighted by Crippen LogP contribution is 2.16. The third-order valence-corrected chi connectivity index (χ3v) is 2.65. The van der Waals surface area contributed by atoms with E-state index in [-0.39, 0.29) is 5.78 Å². The standard InChI is InChI=1S/C10H11BrClNO/c11-6-7-3-8(5-9(13)4-7)10(14)1-2-12/h3-5H,1-2,6,13H2. The SMILES string of the molecule is Nc1cc(CBr)cc(C(=O)CCCl)c1. The molecule has 0 amide bonds. The number of anilines is 1. The number of ketones is 1. The van der Waals surface area contributed by atoms with Gasteiger partial charge in [0.2, 0.25) is 0 Å². The van der Waals surface area contributed by atoms with Crippen LogP contribution in [0.25, 0.3) is 0 Å². The summed E-state index contributed by atoms with van der Waals surface area (Å²) in [4.78, 5) is 11.5. The van der Waals surface area contributed by atoms with Crippen LogP contribution in [-0.2, 0) is 5.33 Å². The maximum atomic E-state index is 11.5. The van der Waals surface area contributed by atoms with Crippen LogP contribution in [0.3, 0.4) is 0 Å². The van der Waals surface area contributed by atoms with Gasteiger partial charge in [0.1, 0.15) is 0 Å². The van der Waals surface area contributed by atoms with Crippen LogP contribution in [0.1, 0.15) is 22.3 Å². The molecule has 0 atom stereocenters. The summed E-state index contributed by atoms with van der Waals surface area (Å²) in [6, 6.07) is 5.35. The second kappa shape index (κ2) is 5.37. The Labute approximate surface area is 96.6 Å². The van der Waals surface area contributed by atoms with Gasteiger partial charge in [-0.05, 0) is 23.8 Å². The summed E-state index contributed by atoms with van der Waals surface area (Å²) in [6.07, 6.45) is 0.354. The molecule has 0 spiro atoms. The van der Waals surface area contributed by atoms with Gasteiger partial charge < -0.3 is 5.73 Å². The molecule has 0 heterocycles. The predicted octanol–water partition coefficient (Wildman–Crippen LogP) is 2.98. The Kier molecular flexibility index (Phi) is 4.42. The molecule has 1 aromatic carbocycles. The molecule has 0 aliphatic carbocycles. The van der Waals surface area contributed by atoms with Crippen LogP contribution in [0.5, 0.6) is 0 Å². The summed E-state index contributed by atoms with van der Waals surface area (Å²) in [5, 5.41) is 0.694. The van der Waals surface area contributed by atoms with Crippen LogP contribution in [0.4, 0.5) is 5.69 Å². The van der Waals surface area contributed by atoms with Crippen LogP contribution in [-0.4, -0.2) is 11.7 Å². The third-order valence-electron chi connectivity index (χ3n) is 1.81. The van der Waals surface area contributed by atoms with Crippen molar-refractivity contribution in [3.8, 4) is 0 Å².